The predicted molar refractivity (Wildman–Crippen MR) is 145 cm³/mol. The van der Waals surface area contributed by atoms with Crippen molar-refractivity contribution in [3.63, 3.8) is 0 Å². The normalized spacial score (nSPS) is 12.2. The average Bonchev–Trinajstić information content (AvgIpc) is 3.50. The zero-order valence-corrected chi connectivity index (χ0v) is 21.4. The highest BCUT2D eigenvalue weighted by Crippen LogP contribution is 2.45. The number of hydrogen-bond acceptors (Lipinski definition) is 4. The van der Waals surface area contributed by atoms with Gasteiger partial charge in [0.2, 0.25) is 0 Å². The van der Waals surface area contributed by atoms with Gasteiger partial charge >= 0.3 is 0 Å². The molecule has 0 aliphatic heterocycles. The molecule has 1 aromatic carbocycles. The summed E-state index contributed by atoms with van der Waals surface area (Å²) in [5.74, 6) is 0.596. The Morgan fingerprint density at radius 1 is 0.857 bits per heavy atom. The van der Waals surface area contributed by atoms with Gasteiger partial charge in [-0.2, -0.15) is 0 Å². The summed E-state index contributed by atoms with van der Waals surface area (Å²) in [6.45, 7) is 23.3. The highest BCUT2D eigenvalue weighted by Gasteiger charge is 2.23. The maximum Gasteiger partial charge on any atom is 0.263 e. The Hall–Kier alpha value is -4.14. The number of thiophene rings is 2. The number of rotatable bonds is 5. The smallest absolute Gasteiger partial charge is 0.263 e. The molecule has 4 aromatic rings. The van der Waals surface area contributed by atoms with E-state index >= 15 is 0 Å². The van der Waals surface area contributed by atoms with Gasteiger partial charge in [-0.3, -0.25) is 0 Å². The summed E-state index contributed by atoms with van der Waals surface area (Å²) in [5, 5.41) is 18.5. The number of fused-ring (bicyclic) bond motifs is 3. The highest BCUT2D eigenvalue weighted by atomic mass is 32.1. The molecule has 0 atom stereocenters. The Labute approximate surface area is 212 Å². The van der Waals surface area contributed by atoms with Crippen molar-refractivity contribution in [1.29, 1.82) is 10.5 Å². The minimum absolute atomic E-state index is 0.0488. The molecule has 0 N–H and O–H groups in total. The molecule has 0 unspecified atom stereocenters. The largest absolute Gasteiger partial charge is 0.307 e. The molecule has 0 aliphatic carbocycles. The molecular formula is C28H21N5S2. The molecule has 7 heteroatoms. The number of nitriles is 2. The van der Waals surface area contributed by atoms with Crippen LogP contribution in [0, 0.1) is 35.8 Å². The molecule has 0 fully saturated rings. The Morgan fingerprint density at radius 2 is 1.29 bits per heavy atom. The van der Waals surface area contributed by atoms with Crippen molar-refractivity contribution in [3.05, 3.63) is 85.4 Å². The van der Waals surface area contributed by atoms with Gasteiger partial charge in [-0.1, -0.05) is 45.9 Å². The number of aromatic nitrogens is 1. The Kier molecular flexibility index (Phi) is 6.59. The quantitative estimate of drug-likeness (QED) is 0.207. The van der Waals surface area contributed by atoms with Crippen LogP contribution in [-0.2, 0) is 0 Å². The zero-order chi connectivity index (χ0) is 25.3. The van der Waals surface area contributed by atoms with Crippen molar-refractivity contribution in [2.75, 3.05) is 0 Å². The molecule has 5 nitrogen and oxygen atoms in total. The van der Waals surface area contributed by atoms with E-state index in [1.165, 1.54) is 11.1 Å². The molecule has 0 radical (unpaired) electrons. The van der Waals surface area contributed by atoms with Gasteiger partial charge < -0.3 is 4.57 Å². The molecule has 0 spiro atoms. The first-order valence-corrected chi connectivity index (χ1v) is 12.7. The third kappa shape index (κ3) is 4.25. The van der Waals surface area contributed by atoms with Crippen LogP contribution in [0.3, 0.4) is 0 Å². The van der Waals surface area contributed by atoms with E-state index in [4.69, 9.17) is 13.1 Å². The minimum Gasteiger partial charge on any atom is -0.307 e. The van der Waals surface area contributed by atoms with Gasteiger partial charge in [-0.15, -0.1) is 22.7 Å². The molecule has 3 heterocycles. The summed E-state index contributed by atoms with van der Waals surface area (Å²) < 4.78 is 4.41. The van der Waals surface area contributed by atoms with E-state index in [0.29, 0.717) is 11.8 Å². The minimum atomic E-state index is 0.0488. The van der Waals surface area contributed by atoms with Gasteiger partial charge in [0.25, 0.3) is 11.4 Å². The lowest BCUT2D eigenvalue weighted by molar-refractivity contribution is 0.815. The topological polar surface area (TPSA) is 61.2 Å². The van der Waals surface area contributed by atoms with E-state index < -0.39 is 0 Å². The summed E-state index contributed by atoms with van der Waals surface area (Å²) in [6, 6.07) is 14.4. The molecule has 0 saturated carbocycles. The summed E-state index contributed by atoms with van der Waals surface area (Å²) in [6.07, 6.45) is 3.26. The first-order valence-electron chi connectivity index (χ1n) is 11.0. The zero-order valence-electron chi connectivity index (χ0n) is 19.7. The van der Waals surface area contributed by atoms with E-state index in [9.17, 15) is 10.5 Å². The van der Waals surface area contributed by atoms with Crippen LogP contribution in [0.25, 0.3) is 48.0 Å². The molecule has 0 saturated heterocycles. The summed E-state index contributed by atoms with van der Waals surface area (Å²) in [4.78, 5) is 8.32. The molecule has 0 amide bonds. The van der Waals surface area contributed by atoms with E-state index in [2.05, 4.69) is 60.2 Å². The first-order chi connectivity index (χ1) is 16.8. The van der Waals surface area contributed by atoms with Crippen LogP contribution < -0.4 is 0 Å². The number of allylic oxidation sites excluding steroid dienone is 2. The van der Waals surface area contributed by atoms with E-state index in [0.717, 1.165) is 35.9 Å². The van der Waals surface area contributed by atoms with E-state index in [1.54, 1.807) is 34.8 Å². The van der Waals surface area contributed by atoms with Gasteiger partial charge in [0.15, 0.2) is 0 Å². The fourth-order valence-electron chi connectivity index (χ4n) is 4.19. The van der Waals surface area contributed by atoms with E-state index in [1.807, 2.05) is 24.3 Å². The monoisotopic (exact) mass is 491 g/mol. The van der Waals surface area contributed by atoms with Crippen LogP contribution in [0.4, 0.5) is 0 Å². The van der Waals surface area contributed by atoms with Gasteiger partial charge in [0, 0.05) is 9.75 Å². The van der Waals surface area contributed by atoms with Crippen molar-refractivity contribution in [3.8, 4) is 17.8 Å². The lowest BCUT2D eigenvalue weighted by Gasteiger charge is -2.21. The Bertz CT molecular complexity index is 1540. The SMILES string of the molecule is [C-]#[N+]/C(C#N)=C\c1cc2c(s1)c1sc(/C=C(\C#N)[N+]#[C-])cc1n2-c1c(C(C)C)cccc1C(C)C. The molecule has 35 heavy (non-hydrogen) atoms. The Morgan fingerprint density at radius 3 is 1.63 bits per heavy atom. The second-order valence-corrected chi connectivity index (χ2v) is 10.8. The molecule has 170 valence electrons. The van der Waals surface area contributed by atoms with Crippen LogP contribution >= 0.6 is 22.7 Å². The van der Waals surface area contributed by atoms with Crippen LogP contribution in [0.5, 0.6) is 0 Å². The summed E-state index contributed by atoms with van der Waals surface area (Å²) >= 11 is 3.09. The summed E-state index contributed by atoms with van der Waals surface area (Å²) in [7, 11) is 0. The molecular weight excluding hydrogens is 470 g/mol. The second-order valence-electron chi connectivity index (χ2n) is 8.66. The van der Waals surface area contributed by atoms with E-state index in [-0.39, 0.29) is 11.4 Å². The van der Waals surface area contributed by atoms with Crippen molar-refractivity contribution in [2.24, 2.45) is 0 Å². The number of hydrogen-bond donors (Lipinski definition) is 0. The first kappa shape index (κ1) is 24.0. The standard InChI is InChI=1S/C28H21N5S2/c1-16(2)22-8-7-9-23(17(3)4)26(22)33-24-12-20(10-18(14-29)31-5)34-27(24)28-25(33)13-21(35-28)11-19(15-30)32-6/h7-13,16-17H,1-4H3/b18-10-,19-11+. The van der Waals surface area contributed by atoms with Crippen LogP contribution in [-0.4, -0.2) is 4.57 Å². The van der Waals surface area contributed by atoms with Crippen molar-refractivity contribution in [2.45, 2.75) is 39.5 Å². The van der Waals surface area contributed by atoms with Crippen LogP contribution in [0.15, 0.2) is 41.7 Å². The summed E-state index contributed by atoms with van der Waals surface area (Å²) in [5.41, 5.74) is 5.77. The highest BCUT2D eigenvalue weighted by molar-refractivity contribution is 7.28. The number of benzene rings is 1. The fourth-order valence-corrected chi connectivity index (χ4v) is 6.50. The third-order valence-electron chi connectivity index (χ3n) is 5.75. The van der Waals surface area contributed by atoms with Crippen molar-refractivity contribution in [1.82, 2.24) is 4.57 Å². The molecule has 0 bridgehead atoms. The fraction of sp³-hybridized carbons (Fsp3) is 0.214. The Balaban J connectivity index is 2.15. The average molecular weight is 492 g/mol. The van der Waals surface area contributed by atoms with Gasteiger partial charge in [-0.25, -0.2) is 20.2 Å². The molecule has 4 rings (SSSR count). The lowest BCUT2D eigenvalue weighted by Crippen LogP contribution is -2.06. The molecule has 0 aliphatic rings. The van der Waals surface area contributed by atoms with Crippen LogP contribution in [0.2, 0.25) is 0 Å². The lowest BCUT2D eigenvalue weighted by atomic mass is 9.92. The number of para-hydroxylation sites is 1. The molecule has 3 aromatic heterocycles. The van der Waals surface area contributed by atoms with Gasteiger partial charge in [-0.05, 0) is 47.2 Å². The van der Waals surface area contributed by atoms with Gasteiger partial charge in [0.05, 0.1) is 51.4 Å². The van der Waals surface area contributed by atoms with Crippen molar-refractivity contribution < 1.29 is 0 Å². The van der Waals surface area contributed by atoms with Crippen molar-refractivity contribution >= 4 is 55.3 Å². The predicted octanol–water partition coefficient (Wildman–Crippen LogP) is 8.72. The maximum absolute atomic E-state index is 9.26. The third-order valence-corrected chi connectivity index (χ3v) is 8.05. The van der Waals surface area contributed by atoms with Crippen LogP contribution in [0.1, 0.15) is 60.4 Å². The maximum atomic E-state index is 9.26. The second kappa shape index (κ2) is 9.61. The number of nitrogens with zero attached hydrogens (tertiary/aromatic N) is 5. The van der Waals surface area contributed by atoms with Gasteiger partial charge in [0.1, 0.15) is 0 Å².